The van der Waals surface area contributed by atoms with Crippen molar-refractivity contribution in [3.8, 4) is 0 Å². The molecule has 0 saturated carbocycles. The van der Waals surface area contributed by atoms with Crippen molar-refractivity contribution in [3.63, 3.8) is 0 Å². The van der Waals surface area contributed by atoms with Crippen molar-refractivity contribution in [1.29, 1.82) is 0 Å². The van der Waals surface area contributed by atoms with Gasteiger partial charge >= 0.3 is 0 Å². The van der Waals surface area contributed by atoms with Gasteiger partial charge in [-0.2, -0.15) is 0 Å². The van der Waals surface area contributed by atoms with E-state index in [2.05, 4.69) is 16.9 Å². The maximum absolute atomic E-state index is 12.7. The number of rotatable bonds is 7. The summed E-state index contributed by atoms with van der Waals surface area (Å²) < 4.78 is 1.54. The first kappa shape index (κ1) is 20.2. The van der Waals surface area contributed by atoms with Gasteiger partial charge in [-0.05, 0) is 36.8 Å². The molecule has 0 saturated heterocycles. The van der Waals surface area contributed by atoms with Crippen LogP contribution in [0.4, 0.5) is 0 Å². The summed E-state index contributed by atoms with van der Waals surface area (Å²) in [5.74, 6) is -0.00245. The molecule has 0 fully saturated rings. The van der Waals surface area contributed by atoms with Gasteiger partial charge in [-0.15, -0.1) is 6.58 Å². The van der Waals surface area contributed by atoms with Crippen LogP contribution in [-0.2, 0) is 11.3 Å². The highest BCUT2D eigenvalue weighted by molar-refractivity contribution is 7.99. The summed E-state index contributed by atoms with van der Waals surface area (Å²) in [5.41, 5.74) is 1.40. The normalized spacial score (nSPS) is 11.9. The SMILES string of the molecule is C=CCn1c(SCC(=O)N[C@@H](C)c2cccc(Cl)c2)nc2ccccc2c1=O. The molecule has 0 bridgehead atoms. The largest absolute Gasteiger partial charge is 0.349 e. The highest BCUT2D eigenvalue weighted by atomic mass is 35.5. The van der Waals surface area contributed by atoms with E-state index in [9.17, 15) is 9.59 Å². The van der Waals surface area contributed by atoms with Crippen molar-refractivity contribution in [2.75, 3.05) is 5.75 Å². The molecule has 0 aliphatic rings. The molecule has 0 aliphatic heterocycles. The van der Waals surface area contributed by atoms with Crippen LogP contribution in [0.3, 0.4) is 0 Å². The summed E-state index contributed by atoms with van der Waals surface area (Å²) in [6.07, 6.45) is 1.64. The van der Waals surface area contributed by atoms with Gasteiger partial charge in [-0.1, -0.05) is 53.7 Å². The Balaban J connectivity index is 1.75. The monoisotopic (exact) mass is 413 g/mol. The number of fused-ring (bicyclic) bond motifs is 1. The molecule has 1 aromatic heterocycles. The lowest BCUT2D eigenvalue weighted by atomic mass is 10.1. The topological polar surface area (TPSA) is 64.0 Å². The van der Waals surface area contributed by atoms with Crippen LogP contribution in [0.25, 0.3) is 10.9 Å². The van der Waals surface area contributed by atoms with Crippen molar-refractivity contribution in [3.05, 3.63) is 82.1 Å². The second kappa shape index (κ2) is 9.08. The van der Waals surface area contributed by atoms with Gasteiger partial charge in [0.15, 0.2) is 5.16 Å². The van der Waals surface area contributed by atoms with Crippen LogP contribution in [0, 0.1) is 0 Å². The summed E-state index contributed by atoms with van der Waals surface area (Å²) in [5, 5.41) is 4.61. The number of hydrogen-bond donors (Lipinski definition) is 1. The van der Waals surface area contributed by atoms with E-state index in [1.165, 1.54) is 16.3 Å². The van der Waals surface area contributed by atoms with Crippen molar-refractivity contribution in [2.24, 2.45) is 0 Å². The zero-order valence-corrected chi connectivity index (χ0v) is 17.0. The molecule has 1 heterocycles. The predicted molar refractivity (Wildman–Crippen MR) is 115 cm³/mol. The Kier molecular flexibility index (Phi) is 6.54. The highest BCUT2D eigenvalue weighted by Gasteiger charge is 2.14. The number of benzene rings is 2. The Morgan fingerprint density at radius 2 is 2.11 bits per heavy atom. The highest BCUT2D eigenvalue weighted by Crippen LogP contribution is 2.20. The third-order valence-electron chi connectivity index (χ3n) is 4.20. The van der Waals surface area contributed by atoms with Crippen LogP contribution in [0.1, 0.15) is 18.5 Å². The molecule has 0 spiro atoms. The number of halogens is 1. The van der Waals surface area contributed by atoms with E-state index in [-0.39, 0.29) is 23.3 Å². The van der Waals surface area contributed by atoms with Crippen LogP contribution in [0.2, 0.25) is 5.02 Å². The van der Waals surface area contributed by atoms with E-state index >= 15 is 0 Å². The first-order chi connectivity index (χ1) is 13.5. The van der Waals surface area contributed by atoms with Crippen LogP contribution in [0.15, 0.2) is 71.1 Å². The van der Waals surface area contributed by atoms with Crippen molar-refractivity contribution in [2.45, 2.75) is 24.7 Å². The lowest BCUT2D eigenvalue weighted by Crippen LogP contribution is -2.29. The van der Waals surface area contributed by atoms with Gasteiger partial charge in [0.2, 0.25) is 5.91 Å². The molecule has 2 aromatic carbocycles. The Morgan fingerprint density at radius 3 is 2.86 bits per heavy atom. The number of para-hydroxylation sites is 1. The van der Waals surface area contributed by atoms with Crippen molar-refractivity contribution < 1.29 is 4.79 Å². The fourth-order valence-electron chi connectivity index (χ4n) is 2.82. The number of amides is 1. The molecular weight excluding hydrogens is 394 g/mol. The number of nitrogens with one attached hydrogen (secondary N) is 1. The number of aromatic nitrogens is 2. The zero-order chi connectivity index (χ0) is 20.1. The maximum Gasteiger partial charge on any atom is 0.262 e. The predicted octanol–water partition coefficient (Wildman–Crippen LogP) is 4.21. The number of carbonyl (C=O) groups excluding carboxylic acids is 1. The second-order valence-electron chi connectivity index (χ2n) is 6.25. The van der Waals surface area contributed by atoms with Gasteiger partial charge in [0.1, 0.15) is 0 Å². The fraction of sp³-hybridized carbons (Fsp3) is 0.190. The number of hydrogen-bond acceptors (Lipinski definition) is 4. The molecular formula is C21H20ClN3O2S. The smallest absolute Gasteiger partial charge is 0.262 e. The lowest BCUT2D eigenvalue weighted by Gasteiger charge is -2.15. The molecule has 144 valence electrons. The van der Waals surface area contributed by atoms with E-state index in [4.69, 9.17) is 11.6 Å². The van der Waals surface area contributed by atoms with Gasteiger partial charge < -0.3 is 5.32 Å². The number of nitrogens with zero attached hydrogens (tertiary/aromatic N) is 2. The standard InChI is InChI=1S/C21H20ClN3O2S/c1-3-11-25-20(27)17-9-4-5-10-18(17)24-21(25)28-13-19(26)23-14(2)15-7-6-8-16(22)12-15/h3-10,12,14H,1,11,13H2,2H3,(H,23,26)/t14-/m0/s1. The molecule has 1 amide bonds. The molecule has 0 unspecified atom stereocenters. The Morgan fingerprint density at radius 1 is 1.32 bits per heavy atom. The Labute approximate surface area is 172 Å². The molecule has 1 atom stereocenters. The van der Waals surface area contributed by atoms with Gasteiger partial charge in [0, 0.05) is 11.6 Å². The molecule has 7 heteroatoms. The fourth-order valence-corrected chi connectivity index (χ4v) is 3.84. The van der Waals surface area contributed by atoms with Gasteiger partial charge in [0.25, 0.3) is 5.56 Å². The lowest BCUT2D eigenvalue weighted by molar-refractivity contribution is -0.119. The molecule has 5 nitrogen and oxygen atoms in total. The van der Waals surface area contributed by atoms with E-state index in [0.29, 0.717) is 27.6 Å². The average Bonchev–Trinajstić information content (AvgIpc) is 2.69. The third kappa shape index (κ3) is 4.64. The van der Waals surface area contributed by atoms with E-state index in [1.807, 2.05) is 31.2 Å². The van der Waals surface area contributed by atoms with Crippen molar-refractivity contribution in [1.82, 2.24) is 14.9 Å². The summed E-state index contributed by atoms with van der Waals surface area (Å²) in [7, 11) is 0. The minimum Gasteiger partial charge on any atom is -0.349 e. The Hall–Kier alpha value is -2.57. The van der Waals surface area contributed by atoms with Gasteiger partial charge in [-0.25, -0.2) is 4.98 Å². The van der Waals surface area contributed by atoms with Crippen LogP contribution < -0.4 is 10.9 Å². The number of carbonyl (C=O) groups is 1. The molecule has 0 radical (unpaired) electrons. The van der Waals surface area contributed by atoms with Crippen LogP contribution in [-0.4, -0.2) is 21.2 Å². The minimum atomic E-state index is -0.174. The molecule has 0 aliphatic carbocycles. The van der Waals surface area contributed by atoms with Gasteiger partial charge in [-0.3, -0.25) is 14.2 Å². The third-order valence-corrected chi connectivity index (χ3v) is 5.41. The molecule has 3 rings (SSSR count). The van der Waals surface area contributed by atoms with E-state index in [0.717, 1.165) is 5.56 Å². The summed E-state index contributed by atoms with van der Waals surface area (Å²) in [6.45, 7) is 5.94. The molecule has 3 aromatic rings. The second-order valence-corrected chi connectivity index (χ2v) is 7.63. The van der Waals surface area contributed by atoms with E-state index < -0.39 is 0 Å². The minimum absolute atomic E-state index is 0.138. The maximum atomic E-state index is 12.7. The summed E-state index contributed by atoms with van der Waals surface area (Å²) in [4.78, 5) is 29.7. The molecule has 28 heavy (non-hydrogen) atoms. The van der Waals surface area contributed by atoms with E-state index in [1.54, 1.807) is 30.3 Å². The zero-order valence-electron chi connectivity index (χ0n) is 15.4. The molecule has 1 N–H and O–H groups in total. The van der Waals surface area contributed by atoms with Gasteiger partial charge in [0.05, 0.1) is 22.7 Å². The summed E-state index contributed by atoms with van der Waals surface area (Å²) >= 11 is 7.24. The van der Waals surface area contributed by atoms with Crippen LogP contribution >= 0.6 is 23.4 Å². The number of allylic oxidation sites excluding steroid dienone is 1. The number of thioether (sulfide) groups is 1. The Bertz CT molecular complexity index is 1080. The first-order valence-corrected chi connectivity index (χ1v) is 10.1. The average molecular weight is 414 g/mol. The van der Waals surface area contributed by atoms with Crippen LogP contribution in [0.5, 0.6) is 0 Å². The first-order valence-electron chi connectivity index (χ1n) is 8.77. The summed E-state index contributed by atoms with van der Waals surface area (Å²) in [6, 6.07) is 14.4. The quantitative estimate of drug-likeness (QED) is 0.358. The van der Waals surface area contributed by atoms with Crippen molar-refractivity contribution >= 4 is 40.2 Å².